The first-order valence-corrected chi connectivity index (χ1v) is 7.94. The van der Waals surface area contributed by atoms with Crippen LogP contribution in [-0.2, 0) is 9.59 Å². The molecule has 120 valence electrons. The minimum absolute atomic E-state index is 0.0973. The summed E-state index contributed by atoms with van der Waals surface area (Å²) >= 11 is 0. The first-order valence-electron chi connectivity index (χ1n) is 7.94. The Balaban J connectivity index is 1.90. The van der Waals surface area contributed by atoms with Crippen molar-refractivity contribution >= 4 is 11.8 Å². The normalized spacial score (nSPS) is 24.8. The number of β-amino-alcohol motifs (C(OH)–C–C–N with tert-alkyl or cyclic N) is 1. The highest BCUT2D eigenvalue weighted by Crippen LogP contribution is 2.22. The Morgan fingerprint density at radius 1 is 1.29 bits per heavy atom. The Labute approximate surface area is 126 Å². The lowest BCUT2D eigenvalue weighted by Crippen LogP contribution is -2.40. The molecule has 21 heavy (non-hydrogen) atoms. The van der Waals surface area contributed by atoms with Crippen LogP contribution in [0.4, 0.5) is 0 Å². The lowest BCUT2D eigenvalue weighted by Gasteiger charge is -2.25. The molecule has 2 heterocycles. The highest BCUT2D eigenvalue weighted by Gasteiger charge is 2.37. The van der Waals surface area contributed by atoms with Crippen molar-refractivity contribution in [3.05, 3.63) is 0 Å². The lowest BCUT2D eigenvalue weighted by molar-refractivity contribution is -0.135. The molecule has 0 spiro atoms. The van der Waals surface area contributed by atoms with Crippen molar-refractivity contribution in [1.82, 2.24) is 14.7 Å². The van der Waals surface area contributed by atoms with Crippen LogP contribution in [0.5, 0.6) is 0 Å². The fraction of sp³-hybridized carbons (Fsp3) is 0.867. The average molecular weight is 297 g/mol. The van der Waals surface area contributed by atoms with Gasteiger partial charge in [0.15, 0.2) is 0 Å². The Bertz CT molecular complexity index is 386. The third kappa shape index (κ3) is 3.95. The smallest absolute Gasteiger partial charge is 0.228 e. The maximum absolute atomic E-state index is 12.6. The number of carbonyl (C=O) groups excluding carboxylic acids is 2. The summed E-state index contributed by atoms with van der Waals surface area (Å²) in [6.45, 7) is 8.56. The molecule has 0 radical (unpaired) electrons. The molecule has 1 atom stereocenters. The molecule has 2 aliphatic rings. The molecular formula is C15H27N3O3. The quantitative estimate of drug-likeness (QED) is 0.778. The summed E-state index contributed by atoms with van der Waals surface area (Å²) < 4.78 is 0. The number of likely N-dealkylation sites (tertiary alicyclic amines) is 1. The second-order valence-electron chi connectivity index (χ2n) is 6.28. The van der Waals surface area contributed by atoms with Crippen LogP contribution in [-0.4, -0.2) is 83.5 Å². The average Bonchev–Trinajstić information content (AvgIpc) is 2.68. The molecule has 0 saturated carbocycles. The molecule has 2 aliphatic heterocycles. The number of nitrogens with zero attached hydrogens (tertiary/aromatic N) is 3. The van der Waals surface area contributed by atoms with E-state index in [0.29, 0.717) is 26.1 Å². The van der Waals surface area contributed by atoms with E-state index >= 15 is 0 Å². The minimum Gasteiger partial charge on any atom is -0.395 e. The van der Waals surface area contributed by atoms with Crippen molar-refractivity contribution in [2.45, 2.75) is 32.7 Å². The maximum atomic E-state index is 12.6. The van der Waals surface area contributed by atoms with Gasteiger partial charge in [0.25, 0.3) is 0 Å². The van der Waals surface area contributed by atoms with Gasteiger partial charge in [-0.3, -0.25) is 14.5 Å². The van der Waals surface area contributed by atoms with Crippen molar-refractivity contribution in [1.29, 1.82) is 0 Å². The van der Waals surface area contributed by atoms with Crippen molar-refractivity contribution < 1.29 is 14.7 Å². The van der Waals surface area contributed by atoms with Crippen LogP contribution in [0.3, 0.4) is 0 Å². The Morgan fingerprint density at radius 2 is 2.05 bits per heavy atom. The van der Waals surface area contributed by atoms with Gasteiger partial charge in [0, 0.05) is 45.2 Å². The zero-order valence-electron chi connectivity index (χ0n) is 13.1. The molecule has 0 bridgehead atoms. The topological polar surface area (TPSA) is 64.1 Å². The van der Waals surface area contributed by atoms with Crippen molar-refractivity contribution in [3.8, 4) is 0 Å². The number of carbonyl (C=O) groups is 2. The van der Waals surface area contributed by atoms with Crippen LogP contribution < -0.4 is 0 Å². The van der Waals surface area contributed by atoms with Gasteiger partial charge in [-0.1, -0.05) is 0 Å². The van der Waals surface area contributed by atoms with Crippen molar-refractivity contribution in [2.24, 2.45) is 5.92 Å². The first kappa shape index (κ1) is 16.2. The molecule has 1 unspecified atom stereocenters. The first-order chi connectivity index (χ1) is 10.0. The molecule has 2 amide bonds. The van der Waals surface area contributed by atoms with E-state index in [1.165, 1.54) is 0 Å². The Kier molecular flexibility index (Phi) is 5.58. The van der Waals surface area contributed by atoms with Crippen LogP contribution >= 0.6 is 0 Å². The summed E-state index contributed by atoms with van der Waals surface area (Å²) in [5.74, 6) is 0.0433. The molecule has 2 fully saturated rings. The molecule has 2 rings (SSSR count). The predicted molar refractivity (Wildman–Crippen MR) is 79.7 cm³/mol. The Hall–Kier alpha value is -1.14. The number of aliphatic hydroxyl groups is 1. The van der Waals surface area contributed by atoms with Crippen LogP contribution in [0.1, 0.15) is 26.7 Å². The number of hydrogen-bond acceptors (Lipinski definition) is 4. The summed E-state index contributed by atoms with van der Waals surface area (Å²) in [5, 5.41) is 9.00. The standard InChI is InChI=1S/C15H27N3O3/c1-12(2)18-11-13(10-14(18)20)15(21)17-5-3-4-16(6-7-17)8-9-19/h12-13,19H,3-11H2,1-2H3. The van der Waals surface area contributed by atoms with Crippen molar-refractivity contribution in [2.75, 3.05) is 45.9 Å². The minimum atomic E-state index is -0.177. The van der Waals surface area contributed by atoms with Gasteiger partial charge in [-0.25, -0.2) is 0 Å². The van der Waals surface area contributed by atoms with E-state index in [0.717, 1.165) is 26.1 Å². The van der Waals surface area contributed by atoms with Gasteiger partial charge < -0.3 is 14.9 Å². The monoisotopic (exact) mass is 297 g/mol. The van der Waals surface area contributed by atoms with Gasteiger partial charge in [-0.15, -0.1) is 0 Å². The van der Waals surface area contributed by atoms with E-state index in [2.05, 4.69) is 4.90 Å². The zero-order valence-corrected chi connectivity index (χ0v) is 13.1. The van der Waals surface area contributed by atoms with E-state index < -0.39 is 0 Å². The molecular weight excluding hydrogens is 270 g/mol. The molecule has 0 aromatic carbocycles. The molecule has 0 aromatic heterocycles. The largest absolute Gasteiger partial charge is 0.395 e. The van der Waals surface area contributed by atoms with Crippen LogP contribution in [0, 0.1) is 5.92 Å². The van der Waals surface area contributed by atoms with Crippen LogP contribution in [0.2, 0.25) is 0 Å². The zero-order chi connectivity index (χ0) is 15.4. The van der Waals surface area contributed by atoms with Gasteiger partial charge >= 0.3 is 0 Å². The Morgan fingerprint density at radius 3 is 2.67 bits per heavy atom. The molecule has 6 heteroatoms. The lowest BCUT2D eigenvalue weighted by atomic mass is 10.1. The van der Waals surface area contributed by atoms with Gasteiger partial charge in [0.05, 0.1) is 12.5 Å². The highest BCUT2D eigenvalue weighted by molar-refractivity contribution is 5.89. The fourth-order valence-electron chi connectivity index (χ4n) is 3.21. The van der Waals surface area contributed by atoms with E-state index in [1.54, 1.807) is 4.90 Å². The predicted octanol–water partition coefficient (Wildman–Crippen LogP) is -0.230. The molecule has 0 aliphatic carbocycles. The second-order valence-corrected chi connectivity index (χ2v) is 6.28. The number of rotatable bonds is 4. The summed E-state index contributed by atoms with van der Waals surface area (Å²) in [6, 6.07) is 0.166. The van der Waals surface area contributed by atoms with E-state index in [1.807, 2.05) is 18.7 Å². The summed E-state index contributed by atoms with van der Waals surface area (Å²) in [5.41, 5.74) is 0. The van der Waals surface area contributed by atoms with Crippen molar-refractivity contribution in [3.63, 3.8) is 0 Å². The fourth-order valence-corrected chi connectivity index (χ4v) is 3.21. The molecule has 1 N–H and O–H groups in total. The van der Waals surface area contributed by atoms with Gasteiger partial charge in [0.2, 0.25) is 11.8 Å². The highest BCUT2D eigenvalue weighted by atomic mass is 16.3. The third-order valence-electron chi connectivity index (χ3n) is 4.45. The number of hydrogen-bond donors (Lipinski definition) is 1. The van der Waals surface area contributed by atoms with Gasteiger partial charge in [-0.2, -0.15) is 0 Å². The van der Waals surface area contributed by atoms with Gasteiger partial charge in [-0.05, 0) is 26.8 Å². The van der Waals surface area contributed by atoms with E-state index in [4.69, 9.17) is 5.11 Å². The van der Waals surface area contributed by atoms with Crippen LogP contribution in [0.25, 0.3) is 0 Å². The summed E-state index contributed by atoms with van der Waals surface area (Å²) in [4.78, 5) is 30.4. The molecule has 2 saturated heterocycles. The van der Waals surface area contributed by atoms with E-state index in [9.17, 15) is 9.59 Å². The molecule has 0 aromatic rings. The summed E-state index contributed by atoms with van der Waals surface area (Å²) in [7, 11) is 0. The van der Waals surface area contributed by atoms with E-state index in [-0.39, 0.29) is 30.4 Å². The van der Waals surface area contributed by atoms with Gasteiger partial charge in [0.1, 0.15) is 0 Å². The number of amides is 2. The molecule has 6 nitrogen and oxygen atoms in total. The SMILES string of the molecule is CC(C)N1CC(C(=O)N2CCCN(CCO)CC2)CC1=O. The second kappa shape index (κ2) is 7.22. The maximum Gasteiger partial charge on any atom is 0.228 e. The number of aliphatic hydroxyl groups excluding tert-OH is 1. The third-order valence-corrected chi connectivity index (χ3v) is 4.45. The summed E-state index contributed by atoms with van der Waals surface area (Å²) in [6.07, 6.45) is 1.29. The van der Waals surface area contributed by atoms with Crippen LogP contribution in [0.15, 0.2) is 0 Å².